The Morgan fingerprint density at radius 1 is 1.00 bits per heavy atom. The van der Waals surface area contributed by atoms with Crippen molar-refractivity contribution < 1.29 is 18.9 Å². The molecule has 0 spiro atoms. The van der Waals surface area contributed by atoms with Gasteiger partial charge >= 0.3 is 0 Å². The first-order chi connectivity index (χ1) is 15.1. The lowest BCUT2D eigenvalue weighted by Crippen LogP contribution is -2.38. The Kier molecular flexibility index (Phi) is 6.53. The van der Waals surface area contributed by atoms with Crippen LogP contribution >= 0.6 is 0 Å². The minimum absolute atomic E-state index is 0.660. The van der Waals surface area contributed by atoms with E-state index in [0.717, 1.165) is 66.2 Å². The monoisotopic (exact) mass is 423 g/mol. The van der Waals surface area contributed by atoms with Crippen LogP contribution in [-0.4, -0.2) is 68.5 Å². The third-order valence-electron chi connectivity index (χ3n) is 5.57. The number of nitrogens with zero attached hydrogens (tertiary/aromatic N) is 3. The molecule has 31 heavy (non-hydrogen) atoms. The summed E-state index contributed by atoms with van der Waals surface area (Å²) in [4.78, 5) is 11.7. The summed E-state index contributed by atoms with van der Waals surface area (Å²) in [7, 11) is 3.26. The zero-order valence-corrected chi connectivity index (χ0v) is 18.6. The fraction of sp³-hybridized carbons (Fsp3) is 0.417. The van der Waals surface area contributed by atoms with E-state index in [1.54, 1.807) is 20.4 Å². The van der Waals surface area contributed by atoms with Gasteiger partial charge in [-0.25, -0.2) is 9.97 Å². The maximum Gasteiger partial charge on any atom is 0.159 e. The lowest BCUT2D eigenvalue weighted by Gasteiger charge is -2.26. The molecular formula is C24H29N3O4. The van der Waals surface area contributed by atoms with E-state index < -0.39 is 0 Å². The van der Waals surface area contributed by atoms with Gasteiger partial charge in [-0.15, -0.1) is 0 Å². The van der Waals surface area contributed by atoms with Crippen molar-refractivity contribution in [1.82, 2.24) is 14.9 Å². The highest BCUT2D eigenvalue weighted by molar-refractivity contribution is 5.87. The van der Waals surface area contributed by atoms with Gasteiger partial charge in [-0.1, -0.05) is 0 Å². The van der Waals surface area contributed by atoms with Gasteiger partial charge in [-0.2, -0.15) is 0 Å². The van der Waals surface area contributed by atoms with Crippen LogP contribution < -0.4 is 14.2 Å². The SMILES string of the molecule is COc1cc(OC)c2cnc(-c3cc(C)c(OCCN4CCOCC4)c(C)c3)nc2c1. The fourth-order valence-corrected chi connectivity index (χ4v) is 3.91. The molecule has 3 aromatic rings. The minimum Gasteiger partial charge on any atom is -0.497 e. The van der Waals surface area contributed by atoms with E-state index in [1.165, 1.54) is 0 Å². The number of methoxy groups -OCH3 is 2. The van der Waals surface area contributed by atoms with E-state index in [1.807, 2.05) is 12.1 Å². The van der Waals surface area contributed by atoms with Crippen molar-refractivity contribution in [1.29, 1.82) is 0 Å². The minimum atomic E-state index is 0.660. The summed E-state index contributed by atoms with van der Waals surface area (Å²) in [5.41, 5.74) is 3.88. The van der Waals surface area contributed by atoms with Crippen molar-refractivity contribution >= 4 is 10.9 Å². The predicted molar refractivity (Wildman–Crippen MR) is 120 cm³/mol. The van der Waals surface area contributed by atoms with Crippen LogP contribution in [0.15, 0.2) is 30.5 Å². The molecular weight excluding hydrogens is 394 g/mol. The molecule has 0 atom stereocenters. The lowest BCUT2D eigenvalue weighted by molar-refractivity contribution is 0.0322. The van der Waals surface area contributed by atoms with E-state index in [-0.39, 0.29) is 0 Å². The molecule has 1 aliphatic rings. The second-order valence-electron chi connectivity index (χ2n) is 7.70. The van der Waals surface area contributed by atoms with Gasteiger partial charge in [0.15, 0.2) is 5.82 Å². The largest absolute Gasteiger partial charge is 0.497 e. The highest BCUT2D eigenvalue weighted by Crippen LogP contribution is 2.33. The summed E-state index contributed by atoms with van der Waals surface area (Å²) in [6, 6.07) is 7.89. The quantitative estimate of drug-likeness (QED) is 0.575. The average Bonchev–Trinajstić information content (AvgIpc) is 2.80. The molecule has 0 bridgehead atoms. The Bertz CT molecular complexity index is 1040. The van der Waals surface area contributed by atoms with Crippen molar-refractivity contribution in [3.8, 4) is 28.6 Å². The van der Waals surface area contributed by atoms with Gasteiger partial charge < -0.3 is 18.9 Å². The Morgan fingerprint density at radius 2 is 1.74 bits per heavy atom. The van der Waals surface area contributed by atoms with Crippen LogP contribution in [0.4, 0.5) is 0 Å². The van der Waals surface area contributed by atoms with Gasteiger partial charge in [0.05, 0.1) is 38.3 Å². The second kappa shape index (κ2) is 9.49. The van der Waals surface area contributed by atoms with Crippen LogP contribution in [0.3, 0.4) is 0 Å². The van der Waals surface area contributed by atoms with Crippen LogP contribution in [-0.2, 0) is 4.74 Å². The van der Waals surface area contributed by atoms with Crippen LogP contribution in [0, 0.1) is 13.8 Å². The molecule has 0 saturated carbocycles. The molecule has 7 nitrogen and oxygen atoms in total. The molecule has 0 amide bonds. The van der Waals surface area contributed by atoms with Gasteiger partial charge in [-0.05, 0) is 37.1 Å². The van der Waals surface area contributed by atoms with Gasteiger partial charge in [0.25, 0.3) is 0 Å². The number of morpholine rings is 1. The van der Waals surface area contributed by atoms with E-state index in [9.17, 15) is 0 Å². The smallest absolute Gasteiger partial charge is 0.159 e. The zero-order valence-electron chi connectivity index (χ0n) is 18.6. The number of aryl methyl sites for hydroxylation is 2. The molecule has 1 aliphatic heterocycles. The first-order valence-electron chi connectivity index (χ1n) is 10.5. The molecule has 0 N–H and O–H groups in total. The summed E-state index contributed by atoms with van der Waals surface area (Å²) in [5.74, 6) is 2.98. The summed E-state index contributed by atoms with van der Waals surface area (Å²) in [5, 5.41) is 0.851. The van der Waals surface area contributed by atoms with Gasteiger partial charge in [0, 0.05) is 43.5 Å². The first kappa shape index (κ1) is 21.3. The molecule has 1 fully saturated rings. The van der Waals surface area contributed by atoms with Crippen LogP contribution in [0.2, 0.25) is 0 Å². The maximum absolute atomic E-state index is 6.14. The van der Waals surface area contributed by atoms with E-state index in [0.29, 0.717) is 23.9 Å². The number of benzene rings is 2. The predicted octanol–water partition coefficient (Wildman–Crippen LogP) is 3.64. The second-order valence-corrected chi connectivity index (χ2v) is 7.70. The molecule has 2 heterocycles. The first-order valence-corrected chi connectivity index (χ1v) is 10.5. The summed E-state index contributed by atoms with van der Waals surface area (Å²) >= 11 is 0. The van der Waals surface area contributed by atoms with Crippen molar-refractivity contribution in [2.45, 2.75) is 13.8 Å². The molecule has 0 unspecified atom stereocenters. The molecule has 4 rings (SSSR count). The van der Waals surface area contributed by atoms with Crippen LogP contribution in [0.25, 0.3) is 22.3 Å². The number of ether oxygens (including phenoxy) is 4. The van der Waals surface area contributed by atoms with Crippen molar-refractivity contribution in [2.75, 3.05) is 53.7 Å². The average molecular weight is 424 g/mol. The Balaban J connectivity index is 1.56. The molecule has 0 aliphatic carbocycles. The number of rotatable bonds is 7. The molecule has 7 heteroatoms. The number of fused-ring (bicyclic) bond motifs is 1. The fourth-order valence-electron chi connectivity index (χ4n) is 3.91. The lowest BCUT2D eigenvalue weighted by atomic mass is 10.0. The number of hydrogen-bond acceptors (Lipinski definition) is 7. The van der Waals surface area contributed by atoms with Gasteiger partial charge in [0.1, 0.15) is 23.9 Å². The van der Waals surface area contributed by atoms with Crippen LogP contribution in [0.1, 0.15) is 11.1 Å². The summed E-state index contributed by atoms with van der Waals surface area (Å²) in [6.45, 7) is 9.23. The van der Waals surface area contributed by atoms with E-state index in [2.05, 4.69) is 35.9 Å². The number of hydrogen-bond donors (Lipinski definition) is 0. The summed E-state index contributed by atoms with van der Waals surface area (Å²) in [6.07, 6.45) is 1.80. The van der Waals surface area contributed by atoms with Crippen molar-refractivity contribution in [3.63, 3.8) is 0 Å². The molecule has 1 saturated heterocycles. The van der Waals surface area contributed by atoms with Crippen molar-refractivity contribution in [3.05, 3.63) is 41.6 Å². The van der Waals surface area contributed by atoms with E-state index in [4.69, 9.17) is 23.9 Å². The van der Waals surface area contributed by atoms with Gasteiger partial charge in [-0.3, -0.25) is 4.90 Å². The third kappa shape index (κ3) is 4.73. The highest BCUT2D eigenvalue weighted by atomic mass is 16.5. The standard InChI is InChI=1S/C24H29N3O4/c1-16-11-18(12-17(2)23(16)31-10-7-27-5-8-30-9-6-27)24-25-15-20-21(26-24)13-19(28-3)14-22(20)29-4/h11-15H,5-10H2,1-4H3. The van der Waals surface area contributed by atoms with Crippen molar-refractivity contribution in [2.24, 2.45) is 0 Å². The number of aromatic nitrogens is 2. The van der Waals surface area contributed by atoms with E-state index >= 15 is 0 Å². The topological polar surface area (TPSA) is 65.9 Å². The maximum atomic E-state index is 6.14. The highest BCUT2D eigenvalue weighted by Gasteiger charge is 2.14. The molecule has 0 radical (unpaired) electrons. The zero-order chi connectivity index (χ0) is 21.8. The molecule has 2 aromatic carbocycles. The Hall–Kier alpha value is -2.90. The Labute approximate surface area is 182 Å². The Morgan fingerprint density at radius 3 is 2.42 bits per heavy atom. The molecule has 164 valence electrons. The normalized spacial score (nSPS) is 14.6. The molecule has 1 aromatic heterocycles. The summed E-state index contributed by atoms with van der Waals surface area (Å²) < 4.78 is 22.4. The van der Waals surface area contributed by atoms with Crippen LogP contribution in [0.5, 0.6) is 17.2 Å². The third-order valence-corrected chi connectivity index (χ3v) is 5.57. The van der Waals surface area contributed by atoms with Gasteiger partial charge in [0.2, 0.25) is 0 Å².